The number of carbonyl (C=O) groups excluding carboxylic acids is 1. The Hall–Kier alpha value is -1.26. The molecule has 1 fully saturated rings. The number of likely N-dealkylation sites (tertiary alicyclic amines) is 1. The van der Waals surface area contributed by atoms with Gasteiger partial charge in [-0.3, -0.25) is 4.79 Å². The molecule has 0 aliphatic carbocycles. The van der Waals surface area contributed by atoms with E-state index in [1.807, 2.05) is 7.05 Å². The van der Waals surface area contributed by atoms with Crippen molar-refractivity contribution >= 4 is 23.2 Å². The lowest BCUT2D eigenvalue weighted by atomic mass is 10.0. The van der Waals surface area contributed by atoms with Crippen molar-refractivity contribution < 1.29 is 4.79 Å². The van der Waals surface area contributed by atoms with Gasteiger partial charge in [-0.2, -0.15) is 0 Å². The number of piperidine rings is 1. The third-order valence-corrected chi connectivity index (χ3v) is 4.24. The highest BCUT2D eigenvalue weighted by Crippen LogP contribution is 2.25. The first-order valence-corrected chi connectivity index (χ1v) is 6.88. The van der Waals surface area contributed by atoms with Gasteiger partial charge in [0.15, 0.2) is 0 Å². The van der Waals surface area contributed by atoms with Crippen LogP contribution in [0.1, 0.15) is 23.2 Å². The zero-order valence-corrected chi connectivity index (χ0v) is 12.2. The van der Waals surface area contributed by atoms with Crippen LogP contribution in [0, 0.1) is 0 Å². The number of rotatable bonds is 2. The largest absolute Gasteiger partial charge is 0.398 e. The topological polar surface area (TPSA) is 49.6 Å². The lowest BCUT2D eigenvalue weighted by Crippen LogP contribution is -2.44. The molecule has 4 nitrogen and oxygen atoms in total. The average molecular weight is 282 g/mol. The summed E-state index contributed by atoms with van der Waals surface area (Å²) in [5.41, 5.74) is 6.68. The number of nitrogen functional groups attached to an aromatic ring is 1. The SMILES string of the molecule is CN1CCC(N(C)C(=O)c2cccc(N)c2Cl)CC1. The minimum Gasteiger partial charge on any atom is -0.398 e. The van der Waals surface area contributed by atoms with E-state index in [9.17, 15) is 4.79 Å². The Morgan fingerprint density at radius 3 is 2.68 bits per heavy atom. The number of halogens is 1. The van der Waals surface area contributed by atoms with Crippen LogP contribution in [0.15, 0.2) is 18.2 Å². The molecule has 0 radical (unpaired) electrons. The van der Waals surface area contributed by atoms with Gasteiger partial charge in [0.2, 0.25) is 0 Å². The van der Waals surface area contributed by atoms with Crippen LogP contribution in [-0.2, 0) is 0 Å². The molecule has 2 N–H and O–H groups in total. The Morgan fingerprint density at radius 1 is 1.42 bits per heavy atom. The summed E-state index contributed by atoms with van der Waals surface area (Å²) in [4.78, 5) is 16.6. The molecule has 1 aromatic rings. The highest BCUT2D eigenvalue weighted by molar-refractivity contribution is 6.36. The minimum atomic E-state index is -0.0492. The van der Waals surface area contributed by atoms with E-state index in [1.54, 1.807) is 23.1 Å². The van der Waals surface area contributed by atoms with Crippen molar-refractivity contribution in [3.63, 3.8) is 0 Å². The second-order valence-corrected chi connectivity index (χ2v) is 5.54. The maximum absolute atomic E-state index is 12.5. The molecule has 1 heterocycles. The first-order chi connectivity index (χ1) is 9.00. The summed E-state index contributed by atoms with van der Waals surface area (Å²) in [6.07, 6.45) is 2.00. The van der Waals surface area contributed by atoms with Crippen LogP contribution in [0.5, 0.6) is 0 Å². The van der Waals surface area contributed by atoms with Crippen molar-refractivity contribution in [2.45, 2.75) is 18.9 Å². The third kappa shape index (κ3) is 3.01. The highest BCUT2D eigenvalue weighted by atomic mass is 35.5. The zero-order chi connectivity index (χ0) is 14.0. The van der Waals surface area contributed by atoms with Gasteiger partial charge < -0.3 is 15.5 Å². The molecule has 1 amide bonds. The van der Waals surface area contributed by atoms with Crippen LogP contribution in [-0.4, -0.2) is 48.9 Å². The van der Waals surface area contributed by atoms with Gasteiger partial charge in [-0.25, -0.2) is 0 Å². The van der Waals surface area contributed by atoms with Crippen LogP contribution >= 0.6 is 11.6 Å². The van der Waals surface area contributed by atoms with E-state index in [0.29, 0.717) is 16.3 Å². The van der Waals surface area contributed by atoms with Crippen molar-refractivity contribution in [3.8, 4) is 0 Å². The number of carbonyl (C=O) groups is 1. The average Bonchev–Trinajstić information content (AvgIpc) is 2.41. The van der Waals surface area contributed by atoms with Crippen LogP contribution in [0.4, 0.5) is 5.69 Å². The summed E-state index contributed by atoms with van der Waals surface area (Å²) in [6, 6.07) is 5.47. The molecule has 0 bridgehead atoms. The van der Waals surface area contributed by atoms with Crippen molar-refractivity contribution in [3.05, 3.63) is 28.8 Å². The predicted molar refractivity (Wildman–Crippen MR) is 78.5 cm³/mol. The molecule has 0 atom stereocenters. The van der Waals surface area contributed by atoms with Crippen molar-refractivity contribution in [1.82, 2.24) is 9.80 Å². The number of anilines is 1. The van der Waals surface area contributed by atoms with E-state index in [1.165, 1.54) is 0 Å². The molecule has 1 aliphatic rings. The summed E-state index contributed by atoms with van der Waals surface area (Å²) in [5, 5.41) is 0.354. The van der Waals surface area contributed by atoms with Crippen molar-refractivity contribution in [2.24, 2.45) is 0 Å². The molecule has 0 spiro atoms. The highest BCUT2D eigenvalue weighted by Gasteiger charge is 2.26. The summed E-state index contributed by atoms with van der Waals surface area (Å²) >= 11 is 6.11. The van der Waals surface area contributed by atoms with Crippen molar-refractivity contribution in [2.75, 3.05) is 32.9 Å². The second-order valence-electron chi connectivity index (χ2n) is 5.16. The van der Waals surface area contributed by atoms with E-state index in [0.717, 1.165) is 25.9 Å². The third-order valence-electron chi connectivity index (χ3n) is 3.82. The molecular formula is C14H20ClN3O. The summed E-state index contributed by atoms with van der Waals surface area (Å²) in [5.74, 6) is -0.0492. The van der Waals surface area contributed by atoms with Crippen LogP contribution in [0.2, 0.25) is 5.02 Å². The minimum absolute atomic E-state index is 0.0492. The van der Waals surface area contributed by atoms with E-state index >= 15 is 0 Å². The smallest absolute Gasteiger partial charge is 0.255 e. The Balaban J connectivity index is 2.13. The van der Waals surface area contributed by atoms with E-state index < -0.39 is 0 Å². The predicted octanol–water partition coefficient (Wildman–Crippen LogP) is 2.09. The second kappa shape index (κ2) is 5.80. The molecule has 2 rings (SSSR count). The first kappa shape index (κ1) is 14.2. The molecule has 0 unspecified atom stereocenters. The van der Waals surface area contributed by atoms with Crippen LogP contribution in [0.25, 0.3) is 0 Å². The Kier molecular flexibility index (Phi) is 4.32. The van der Waals surface area contributed by atoms with Crippen LogP contribution in [0.3, 0.4) is 0 Å². The van der Waals surface area contributed by atoms with E-state index in [2.05, 4.69) is 11.9 Å². The monoisotopic (exact) mass is 281 g/mol. The molecule has 1 aromatic carbocycles. The molecule has 5 heteroatoms. The first-order valence-electron chi connectivity index (χ1n) is 6.50. The maximum Gasteiger partial charge on any atom is 0.255 e. The van der Waals surface area contributed by atoms with Gasteiger partial charge in [-0.1, -0.05) is 17.7 Å². The zero-order valence-electron chi connectivity index (χ0n) is 11.4. The number of hydrogen-bond donors (Lipinski definition) is 1. The molecule has 1 aliphatic heterocycles. The standard InChI is InChI=1S/C14H20ClN3O/c1-17-8-6-10(7-9-17)18(2)14(19)11-4-3-5-12(16)13(11)15/h3-5,10H,6-9,16H2,1-2H3. The molecular weight excluding hydrogens is 262 g/mol. The van der Waals surface area contributed by atoms with Crippen molar-refractivity contribution in [1.29, 1.82) is 0 Å². The van der Waals surface area contributed by atoms with E-state index in [4.69, 9.17) is 17.3 Å². The number of amides is 1. The Morgan fingerprint density at radius 2 is 2.05 bits per heavy atom. The fourth-order valence-electron chi connectivity index (χ4n) is 2.45. The molecule has 0 aromatic heterocycles. The van der Waals surface area contributed by atoms with E-state index in [-0.39, 0.29) is 11.9 Å². The summed E-state index contributed by atoms with van der Waals surface area (Å²) < 4.78 is 0. The lowest BCUT2D eigenvalue weighted by Gasteiger charge is -2.35. The number of hydrogen-bond acceptors (Lipinski definition) is 3. The normalized spacial score (nSPS) is 17.4. The fourth-order valence-corrected chi connectivity index (χ4v) is 2.66. The summed E-state index contributed by atoms with van der Waals surface area (Å²) in [6.45, 7) is 2.04. The van der Waals surface area contributed by atoms with Gasteiger partial charge in [0.05, 0.1) is 16.3 Å². The quantitative estimate of drug-likeness (QED) is 0.845. The number of benzene rings is 1. The maximum atomic E-state index is 12.5. The van der Waals surface area contributed by atoms with Gasteiger partial charge in [-0.05, 0) is 45.1 Å². The van der Waals surface area contributed by atoms with Gasteiger partial charge in [0.25, 0.3) is 5.91 Å². The van der Waals surface area contributed by atoms with Gasteiger partial charge in [0.1, 0.15) is 0 Å². The number of nitrogens with zero attached hydrogens (tertiary/aromatic N) is 2. The van der Waals surface area contributed by atoms with Gasteiger partial charge in [-0.15, -0.1) is 0 Å². The Labute approximate surface area is 119 Å². The van der Waals surface area contributed by atoms with Gasteiger partial charge in [0, 0.05) is 13.1 Å². The molecule has 0 saturated carbocycles. The fraction of sp³-hybridized carbons (Fsp3) is 0.500. The lowest BCUT2D eigenvalue weighted by molar-refractivity contribution is 0.0660. The molecule has 1 saturated heterocycles. The van der Waals surface area contributed by atoms with Gasteiger partial charge >= 0.3 is 0 Å². The Bertz CT molecular complexity index is 470. The molecule has 104 valence electrons. The molecule has 19 heavy (non-hydrogen) atoms. The summed E-state index contributed by atoms with van der Waals surface area (Å²) in [7, 11) is 3.95. The van der Waals surface area contributed by atoms with Crippen LogP contribution < -0.4 is 5.73 Å². The number of nitrogens with two attached hydrogens (primary N) is 1.